The average molecular weight is 179 g/mol. The van der Waals surface area contributed by atoms with E-state index in [1.54, 1.807) is 18.3 Å². The van der Waals surface area contributed by atoms with Gasteiger partial charge in [0.05, 0.1) is 5.69 Å². The van der Waals surface area contributed by atoms with Crippen molar-refractivity contribution in [2.45, 2.75) is 6.68 Å². The van der Waals surface area contributed by atoms with Crippen LogP contribution in [0.4, 0.5) is 24.7 Å². The Morgan fingerprint density at radius 3 is 2.00 bits per heavy atom. The van der Waals surface area contributed by atoms with Crippen molar-refractivity contribution >= 4 is 11.5 Å². The summed E-state index contributed by atoms with van der Waals surface area (Å²) in [5, 5.41) is 0. The molecule has 1 heterocycles. The maximum Gasteiger partial charge on any atom is 0.379 e. The minimum atomic E-state index is -3.67. The number of nitrogens with zero attached hydrogens (tertiary/aromatic N) is 1. The fourth-order valence-electron chi connectivity index (χ4n) is 0.430. The van der Waals surface area contributed by atoms with Gasteiger partial charge in [-0.1, -0.05) is 0 Å². The zero-order chi connectivity index (χ0) is 9.56. The molecule has 1 aromatic rings. The first-order valence-electron chi connectivity index (χ1n) is 2.92. The molecular weight excluding hydrogens is 171 g/mol. The number of halogens is 3. The van der Waals surface area contributed by atoms with Gasteiger partial charge in [0.25, 0.3) is 0 Å². The van der Waals surface area contributed by atoms with Crippen molar-refractivity contribution in [1.29, 1.82) is 0 Å². The molecule has 0 saturated carbocycles. The Labute approximate surface area is 67.2 Å². The molecule has 0 aliphatic carbocycles. The van der Waals surface area contributed by atoms with Crippen molar-refractivity contribution in [1.82, 2.24) is 4.98 Å². The predicted molar refractivity (Wildman–Crippen MR) is 40.2 cm³/mol. The molecular formula is C6H8F3N3. The van der Waals surface area contributed by atoms with E-state index in [0.29, 0.717) is 11.5 Å². The Kier molecular flexibility index (Phi) is 4.59. The van der Waals surface area contributed by atoms with Crippen LogP contribution >= 0.6 is 0 Å². The number of hydrogen-bond donors (Lipinski definition) is 2. The number of anilines is 2. The molecule has 0 aliphatic heterocycles. The first-order chi connectivity index (χ1) is 5.54. The van der Waals surface area contributed by atoms with Gasteiger partial charge in [0, 0.05) is 6.20 Å². The third kappa shape index (κ3) is 5.33. The maximum absolute atomic E-state index is 9.67. The van der Waals surface area contributed by atoms with Crippen LogP contribution in [0.1, 0.15) is 0 Å². The van der Waals surface area contributed by atoms with E-state index in [4.69, 9.17) is 11.5 Å². The molecule has 0 unspecified atom stereocenters. The van der Waals surface area contributed by atoms with E-state index >= 15 is 0 Å². The van der Waals surface area contributed by atoms with Gasteiger partial charge in [-0.25, -0.2) is 4.98 Å². The summed E-state index contributed by atoms with van der Waals surface area (Å²) in [6, 6.07) is 3.45. The van der Waals surface area contributed by atoms with Gasteiger partial charge in [-0.2, -0.15) is 13.2 Å². The molecule has 0 spiro atoms. The number of hydrogen-bond acceptors (Lipinski definition) is 3. The standard InChI is InChI=1S/C5H7N3.CHF3/c6-4-2-1-3-8-5(4)7;2-1(3)4/h1-3H,6H2,(H2,7,8);1H. The lowest BCUT2D eigenvalue weighted by atomic mass is 10.4. The first kappa shape index (κ1) is 10.5. The van der Waals surface area contributed by atoms with Crippen LogP contribution in [0.2, 0.25) is 0 Å². The van der Waals surface area contributed by atoms with Gasteiger partial charge in [0.15, 0.2) is 0 Å². The van der Waals surface area contributed by atoms with Gasteiger partial charge in [-0.15, -0.1) is 0 Å². The minimum Gasteiger partial charge on any atom is -0.396 e. The topological polar surface area (TPSA) is 64.9 Å². The Morgan fingerprint density at radius 1 is 1.25 bits per heavy atom. The molecule has 0 radical (unpaired) electrons. The highest BCUT2D eigenvalue weighted by Crippen LogP contribution is 2.06. The Morgan fingerprint density at radius 2 is 1.75 bits per heavy atom. The van der Waals surface area contributed by atoms with E-state index in [-0.39, 0.29) is 0 Å². The number of nitrogens with two attached hydrogens (primary N) is 2. The van der Waals surface area contributed by atoms with E-state index < -0.39 is 6.68 Å². The highest BCUT2D eigenvalue weighted by atomic mass is 19.4. The minimum absolute atomic E-state index is 0.396. The van der Waals surface area contributed by atoms with Crippen molar-refractivity contribution < 1.29 is 13.2 Å². The Bertz CT molecular complexity index is 205. The zero-order valence-electron chi connectivity index (χ0n) is 6.05. The first-order valence-corrected chi connectivity index (χ1v) is 2.92. The van der Waals surface area contributed by atoms with Crippen LogP contribution in [0.3, 0.4) is 0 Å². The monoisotopic (exact) mass is 179 g/mol. The van der Waals surface area contributed by atoms with Crippen molar-refractivity contribution in [2.75, 3.05) is 11.5 Å². The zero-order valence-corrected chi connectivity index (χ0v) is 6.05. The third-order valence-electron chi connectivity index (χ3n) is 0.871. The van der Waals surface area contributed by atoms with Gasteiger partial charge in [-0.05, 0) is 12.1 Å². The normalized spacial score (nSPS) is 9.00. The molecule has 0 aromatic carbocycles. The molecule has 0 aliphatic rings. The Balaban J connectivity index is 0.000000261. The molecule has 0 fully saturated rings. The Hall–Kier alpha value is -1.46. The number of rotatable bonds is 0. The van der Waals surface area contributed by atoms with Crippen LogP contribution < -0.4 is 11.5 Å². The highest BCUT2D eigenvalue weighted by Gasteiger charge is 1.87. The molecule has 68 valence electrons. The second-order valence-corrected chi connectivity index (χ2v) is 1.73. The van der Waals surface area contributed by atoms with Gasteiger partial charge in [0.1, 0.15) is 5.82 Å². The maximum atomic E-state index is 9.67. The summed E-state index contributed by atoms with van der Waals surface area (Å²) in [5.41, 5.74) is 11.2. The molecule has 0 amide bonds. The lowest BCUT2D eigenvalue weighted by Crippen LogP contribution is -1.95. The second-order valence-electron chi connectivity index (χ2n) is 1.73. The SMILES string of the molecule is FC(F)F.Nc1cccnc1N. The van der Waals surface area contributed by atoms with Crippen LogP contribution in [0.25, 0.3) is 0 Å². The molecule has 0 saturated heterocycles. The van der Waals surface area contributed by atoms with Crippen LogP contribution in [-0.4, -0.2) is 11.7 Å². The van der Waals surface area contributed by atoms with Crippen LogP contribution in [0, 0.1) is 0 Å². The number of aromatic nitrogens is 1. The van der Waals surface area contributed by atoms with Crippen molar-refractivity contribution in [3.05, 3.63) is 18.3 Å². The largest absolute Gasteiger partial charge is 0.396 e. The molecule has 0 bridgehead atoms. The van der Waals surface area contributed by atoms with Gasteiger partial charge >= 0.3 is 6.68 Å². The molecule has 1 aromatic heterocycles. The van der Waals surface area contributed by atoms with Crippen LogP contribution in [0.5, 0.6) is 0 Å². The van der Waals surface area contributed by atoms with Crippen molar-refractivity contribution in [2.24, 2.45) is 0 Å². The molecule has 4 N–H and O–H groups in total. The smallest absolute Gasteiger partial charge is 0.379 e. The number of nitrogen functional groups attached to an aromatic ring is 2. The summed E-state index contributed by atoms with van der Waals surface area (Å²) in [6.07, 6.45) is 1.60. The van der Waals surface area contributed by atoms with E-state index in [1.807, 2.05) is 0 Å². The predicted octanol–water partition coefficient (Wildman–Crippen LogP) is 1.42. The molecule has 3 nitrogen and oxygen atoms in total. The lowest BCUT2D eigenvalue weighted by molar-refractivity contribution is 0.00819. The van der Waals surface area contributed by atoms with Gasteiger partial charge < -0.3 is 11.5 Å². The van der Waals surface area contributed by atoms with Crippen LogP contribution in [-0.2, 0) is 0 Å². The van der Waals surface area contributed by atoms with E-state index in [0.717, 1.165) is 0 Å². The van der Waals surface area contributed by atoms with Crippen LogP contribution in [0.15, 0.2) is 18.3 Å². The highest BCUT2D eigenvalue weighted by molar-refractivity contribution is 5.56. The molecule has 1 rings (SSSR count). The van der Waals surface area contributed by atoms with Crippen molar-refractivity contribution in [3.63, 3.8) is 0 Å². The average Bonchev–Trinajstić information content (AvgIpc) is 1.94. The third-order valence-corrected chi connectivity index (χ3v) is 0.871. The molecule has 12 heavy (non-hydrogen) atoms. The van der Waals surface area contributed by atoms with E-state index in [1.165, 1.54) is 0 Å². The molecule has 6 heteroatoms. The van der Waals surface area contributed by atoms with Crippen molar-refractivity contribution in [3.8, 4) is 0 Å². The number of alkyl halides is 3. The summed E-state index contributed by atoms with van der Waals surface area (Å²) >= 11 is 0. The summed E-state index contributed by atoms with van der Waals surface area (Å²) < 4.78 is 29.0. The summed E-state index contributed by atoms with van der Waals surface area (Å²) in [6.45, 7) is -3.67. The van der Waals surface area contributed by atoms with E-state index in [2.05, 4.69) is 4.98 Å². The van der Waals surface area contributed by atoms with Gasteiger partial charge in [-0.3, -0.25) is 0 Å². The fraction of sp³-hybridized carbons (Fsp3) is 0.167. The lowest BCUT2D eigenvalue weighted by Gasteiger charge is -1.92. The summed E-state index contributed by atoms with van der Waals surface area (Å²) in [5.74, 6) is 0.396. The van der Waals surface area contributed by atoms with E-state index in [9.17, 15) is 13.2 Å². The number of pyridine rings is 1. The molecule has 0 atom stereocenters. The fourth-order valence-corrected chi connectivity index (χ4v) is 0.430. The summed E-state index contributed by atoms with van der Waals surface area (Å²) in [7, 11) is 0. The quantitative estimate of drug-likeness (QED) is 0.633. The van der Waals surface area contributed by atoms with Gasteiger partial charge in [0.2, 0.25) is 0 Å². The summed E-state index contributed by atoms with van der Waals surface area (Å²) in [4.78, 5) is 3.73. The second kappa shape index (κ2) is 5.22.